The molecule has 0 amide bonds. The molecule has 1 aliphatic heterocycles. The van der Waals surface area contributed by atoms with Crippen molar-refractivity contribution in [3.8, 4) is 0 Å². The lowest BCUT2D eigenvalue weighted by Crippen LogP contribution is -2.57. The number of aliphatic imine (C=N–C) groups is 1. The summed E-state index contributed by atoms with van der Waals surface area (Å²) in [5, 5.41) is 3.42. The first kappa shape index (κ1) is 20.5. The summed E-state index contributed by atoms with van der Waals surface area (Å²) >= 11 is 0. The quantitative estimate of drug-likeness (QED) is 0.570. The summed E-state index contributed by atoms with van der Waals surface area (Å²) in [7, 11) is -1.27. The molecule has 1 N–H and O–H groups in total. The minimum Gasteiger partial charge on any atom is -0.378 e. The number of rotatable bonds is 6. The number of sulfone groups is 1. The highest BCUT2D eigenvalue weighted by Crippen LogP contribution is 2.30. The maximum Gasteiger partial charge on any atom is 0.193 e. The van der Waals surface area contributed by atoms with Crippen molar-refractivity contribution >= 4 is 15.8 Å². The normalized spacial score (nSPS) is 25.1. The van der Waals surface area contributed by atoms with Gasteiger partial charge in [-0.1, -0.05) is 12.8 Å². The SMILES string of the molecule is CCOC(CCNC(=NC)N1CCS(=O)(=O)C(C)(C)C1)C1CCCC1. The minimum atomic E-state index is -3.03. The van der Waals surface area contributed by atoms with Gasteiger partial charge in [-0.2, -0.15) is 0 Å². The standard InChI is InChI=1S/C18H35N3O3S/c1-5-24-16(15-8-6-7-9-15)10-11-20-17(19-4)21-12-13-25(22,23)18(2,3)14-21/h15-16H,5-14H2,1-4H3,(H,19,20). The van der Waals surface area contributed by atoms with Crippen LogP contribution in [0.15, 0.2) is 4.99 Å². The monoisotopic (exact) mass is 373 g/mol. The molecule has 146 valence electrons. The van der Waals surface area contributed by atoms with Gasteiger partial charge in [-0.15, -0.1) is 0 Å². The van der Waals surface area contributed by atoms with Crippen LogP contribution in [0.4, 0.5) is 0 Å². The van der Waals surface area contributed by atoms with Crippen LogP contribution < -0.4 is 5.32 Å². The zero-order valence-corrected chi connectivity index (χ0v) is 17.1. The van der Waals surface area contributed by atoms with E-state index in [9.17, 15) is 8.42 Å². The molecule has 25 heavy (non-hydrogen) atoms. The molecule has 0 aromatic rings. The van der Waals surface area contributed by atoms with E-state index in [1.165, 1.54) is 25.7 Å². The van der Waals surface area contributed by atoms with Gasteiger partial charge in [-0.25, -0.2) is 8.42 Å². The second-order valence-electron chi connectivity index (χ2n) is 7.80. The van der Waals surface area contributed by atoms with E-state index in [0.717, 1.165) is 25.5 Å². The van der Waals surface area contributed by atoms with E-state index in [1.54, 1.807) is 20.9 Å². The predicted molar refractivity (Wildman–Crippen MR) is 103 cm³/mol. The fourth-order valence-corrected chi connectivity index (χ4v) is 5.35. The molecule has 1 aliphatic carbocycles. The highest BCUT2D eigenvalue weighted by atomic mass is 32.2. The van der Waals surface area contributed by atoms with Crippen molar-refractivity contribution in [1.82, 2.24) is 10.2 Å². The number of hydrogen-bond donors (Lipinski definition) is 1. The van der Waals surface area contributed by atoms with Crippen molar-refractivity contribution < 1.29 is 13.2 Å². The lowest BCUT2D eigenvalue weighted by Gasteiger charge is -2.39. The summed E-state index contributed by atoms with van der Waals surface area (Å²) in [6, 6.07) is 0. The zero-order chi connectivity index (χ0) is 18.5. The van der Waals surface area contributed by atoms with E-state index in [4.69, 9.17) is 4.74 Å². The third kappa shape index (κ3) is 5.09. The Kier molecular flexibility index (Phi) is 7.14. The molecule has 0 radical (unpaired) electrons. The molecule has 6 nitrogen and oxygen atoms in total. The summed E-state index contributed by atoms with van der Waals surface area (Å²) in [5.74, 6) is 1.66. The Bertz CT molecular complexity index is 554. The molecule has 0 spiro atoms. The number of ether oxygens (including phenoxy) is 1. The van der Waals surface area contributed by atoms with Crippen molar-refractivity contribution in [2.75, 3.05) is 39.0 Å². The van der Waals surface area contributed by atoms with Gasteiger partial charge in [0.2, 0.25) is 0 Å². The van der Waals surface area contributed by atoms with Gasteiger partial charge in [0.05, 0.1) is 16.6 Å². The Balaban J connectivity index is 1.87. The van der Waals surface area contributed by atoms with Gasteiger partial charge in [0.15, 0.2) is 15.8 Å². The molecular formula is C18H35N3O3S. The average Bonchev–Trinajstić information content (AvgIpc) is 3.08. The van der Waals surface area contributed by atoms with Gasteiger partial charge in [0.1, 0.15) is 0 Å². The Morgan fingerprint density at radius 3 is 2.60 bits per heavy atom. The fraction of sp³-hybridized carbons (Fsp3) is 0.944. The second kappa shape index (κ2) is 8.71. The first-order valence-corrected chi connectivity index (χ1v) is 11.3. The topological polar surface area (TPSA) is 71.0 Å². The van der Waals surface area contributed by atoms with Gasteiger partial charge in [-0.05, 0) is 46.0 Å². The summed E-state index contributed by atoms with van der Waals surface area (Å²) in [5.41, 5.74) is 0. The van der Waals surface area contributed by atoms with Crippen LogP contribution in [0.3, 0.4) is 0 Å². The van der Waals surface area contributed by atoms with Gasteiger partial charge < -0.3 is 15.0 Å². The van der Waals surface area contributed by atoms with Crippen LogP contribution in [0.1, 0.15) is 52.9 Å². The number of guanidine groups is 1. The molecule has 0 aromatic heterocycles. The third-order valence-electron chi connectivity index (χ3n) is 5.57. The maximum absolute atomic E-state index is 12.2. The van der Waals surface area contributed by atoms with Gasteiger partial charge >= 0.3 is 0 Å². The summed E-state index contributed by atoms with van der Waals surface area (Å²) in [6.45, 7) is 8.20. The average molecular weight is 374 g/mol. The van der Waals surface area contributed by atoms with E-state index in [2.05, 4.69) is 22.1 Å². The Labute approximate surface area is 153 Å². The van der Waals surface area contributed by atoms with Crippen molar-refractivity contribution in [2.45, 2.75) is 63.7 Å². The lowest BCUT2D eigenvalue weighted by atomic mass is 9.98. The molecule has 0 bridgehead atoms. The number of hydrogen-bond acceptors (Lipinski definition) is 4. The first-order chi connectivity index (χ1) is 11.8. The maximum atomic E-state index is 12.2. The second-order valence-corrected chi connectivity index (χ2v) is 10.5. The van der Waals surface area contributed by atoms with Crippen molar-refractivity contribution in [1.29, 1.82) is 0 Å². The first-order valence-electron chi connectivity index (χ1n) is 9.60. The fourth-order valence-electron chi connectivity index (χ4n) is 3.98. The van der Waals surface area contributed by atoms with Gasteiger partial charge in [0.25, 0.3) is 0 Å². The molecule has 1 heterocycles. The molecule has 2 rings (SSSR count). The van der Waals surface area contributed by atoms with Crippen LogP contribution in [0.2, 0.25) is 0 Å². The Morgan fingerprint density at radius 1 is 1.36 bits per heavy atom. The molecule has 1 saturated heterocycles. The molecule has 2 fully saturated rings. The van der Waals surface area contributed by atoms with Crippen molar-refractivity contribution in [3.05, 3.63) is 0 Å². The molecular weight excluding hydrogens is 338 g/mol. The Hall–Kier alpha value is -0.820. The molecule has 1 saturated carbocycles. The third-order valence-corrected chi connectivity index (χ3v) is 8.11. The summed E-state index contributed by atoms with van der Waals surface area (Å²) < 4.78 is 29.6. The molecule has 7 heteroatoms. The van der Waals surface area contributed by atoms with Crippen LogP contribution in [0, 0.1) is 5.92 Å². The van der Waals surface area contributed by atoms with E-state index in [0.29, 0.717) is 25.1 Å². The predicted octanol–water partition coefficient (Wildman–Crippen LogP) is 2.06. The molecule has 1 atom stereocenters. The lowest BCUT2D eigenvalue weighted by molar-refractivity contribution is 0.0168. The number of nitrogens with one attached hydrogen (secondary N) is 1. The van der Waals surface area contributed by atoms with Crippen molar-refractivity contribution in [3.63, 3.8) is 0 Å². The largest absolute Gasteiger partial charge is 0.378 e. The molecule has 1 unspecified atom stereocenters. The molecule has 2 aliphatic rings. The van der Waals surface area contributed by atoms with Gasteiger partial charge in [0, 0.05) is 33.3 Å². The zero-order valence-electron chi connectivity index (χ0n) is 16.3. The smallest absolute Gasteiger partial charge is 0.193 e. The van der Waals surface area contributed by atoms with E-state index < -0.39 is 14.6 Å². The Morgan fingerprint density at radius 2 is 2.04 bits per heavy atom. The summed E-state index contributed by atoms with van der Waals surface area (Å²) in [4.78, 5) is 6.42. The van der Waals surface area contributed by atoms with Crippen LogP contribution in [0.25, 0.3) is 0 Å². The highest BCUT2D eigenvalue weighted by Gasteiger charge is 2.41. The van der Waals surface area contributed by atoms with E-state index >= 15 is 0 Å². The van der Waals surface area contributed by atoms with Crippen LogP contribution in [0.5, 0.6) is 0 Å². The van der Waals surface area contributed by atoms with E-state index in [-0.39, 0.29) is 5.75 Å². The minimum absolute atomic E-state index is 0.185. The number of nitrogens with zero attached hydrogens (tertiary/aromatic N) is 2. The van der Waals surface area contributed by atoms with Crippen LogP contribution >= 0.6 is 0 Å². The van der Waals surface area contributed by atoms with Crippen LogP contribution in [-0.2, 0) is 14.6 Å². The van der Waals surface area contributed by atoms with E-state index in [1.807, 2.05) is 0 Å². The molecule has 0 aromatic carbocycles. The van der Waals surface area contributed by atoms with Crippen molar-refractivity contribution in [2.24, 2.45) is 10.9 Å². The highest BCUT2D eigenvalue weighted by molar-refractivity contribution is 7.92. The summed E-state index contributed by atoms with van der Waals surface area (Å²) in [6.07, 6.45) is 6.47. The van der Waals surface area contributed by atoms with Gasteiger partial charge in [-0.3, -0.25) is 4.99 Å². The van der Waals surface area contributed by atoms with Crippen LogP contribution in [-0.4, -0.2) is 69.2 Å².